The van der Waals surface area contributed by atoms with Crippen molar-refractivity contribution in [2.45, 2.75) is 19.5 Å². The van der Waals surface area contributed by atoms with Crippen molar-refractivity contribution < 1.29 is 14.2 Å². The Balaban J connectivity index is 1.39. The number of thiophene rings is 1. The number of nitrogens with zero attached hydrogens (tertiary/aromatic N) is 4. The summed E-state index contributed by atoms with van der Waals surface area (Å²) in [6.07, 6.45) is 0.991. The lowest BCUT2D eigenvalue weighted by Crippen LogP contribution is -2.36. The van der Waals surface area contributed by atoms with Crippen molar-refractivity contribution in [1.29, 1.82) is 0 Å². The summed E-state index contributed by atoms with van der Waals surface area (Å²) in [5.41, 5.74) is 3.55. The van der Waals surface area contributed by atoms with E-state index in [-0.39, 0.29) is 0 Å². The van der Waals surface area contributed by atoms with Gasteiger partial charge in [-0.3, -0.25) is 4.90 Å². The molecule has 0 spiro atoms. The zero-order chi connectivity index (χ0) is 21.4. The first-order valence-corrected chi connectivity index (χ1v) is 11.6. The van der Waals surface area contributed by atoms with Crippen LogP contribution in [0, 0.1) is 0 Å². The largest absolute Gasteiger partial charge is 0.493 e. The number of morpholine rings is 1. The molecule has 5 rings (SSSR count). The van der Waals surface area contributed by atoms with Gasteiger partial charge in [0.15, 0.2) is 17.3 Å². The van der Waals surface area contributed by atoms with Crippen molar-refractivity contribution in [2.24, 2.45) is 0 Å². The third-order valence-corrected chi connectivity index (χ3v) is 7.14. The highest BCUT2D eigenvalue weighted by Crippen LogP contribution is 2.36. The van der Waals surface area contributed by atoms with Gasteiger partial charge in [-0.05, 0) is 47.3 Å². The van der Waals surface area contributed by atoms with Gasteiger partial charge in [-0.25, -0.2) is 4.98 Å². The summed E-state index contributed by atoms with van der Waals surface area (Å²) in [5.74, 6) is 2.51. The average molecular weight is 461 g/mol. The average Bonchev–Trinajstić information content (AvgIpc) is 3.20. The zero-order valence-corrected chi connectivity index (χ0v) is 19.3. The molecule has 1 fully saturated rings. The van der Waals surface area contributed by atoms with Crippen LogP contribution in [0.1, 0.15) is 16.0 Å². The number of benzene rings is 1. The Morgan fingerprint density at radius 2 is 1.77 bits per heavy atom. The second kappa shape index (κ2) is 8.78. The molecule has 0 atom stereocenters. The van der Waals surface area contributed by atoms with E-state index in [1.54, 1.807) is 25.6 Å². The molecular weight excluding hydrogens is 436 g/mol. The quantitative estimate of drug-likeness (QED) is 0.537. The Labute approximate surface area is 190 Å². The molecular formula is C22H25ClN4O3S. The Bertz CT molecular complexity index is 1100. The lowest BCUT2D eigenvalue weighted by atomic mass is 9.99. The normalized spacial score (nSPS) is 17.1. The first kappa shape index (κ1) is 20.8. The maximum atomic E-state index is 6.25. The molecule has 2 aliphatic rings. The van der Waals surface area contributed by atoms with E-state index in [1.165, 1.54) is 16.0 Å². The number of fused-ring (bicyclic) bond motifs is 2. The van der Waals surface area contributed by atoms with Gasteiger partial charge in [0.05, 0.1) is 37.6 Å². The predicted molar refractivity (Wildman–Crippen MR) is 123 cm³/mol. The summed E-state index contributed by atoms with van der Waals surface area (Å²) >= 11 is 8.01. The van der Waals surface area contributed by atoms with Gasteiger partial charge in [-0.1, -0.05) is 0 Å². The molecule has 0 saturated carbocycles. The fraction of sp³-hybridized carbons (Fsp3) is 0.455. The van der Waals surface area contributed by atoms with Crippen LogP contribution in [0.4, 0.5) is 5.82 Å². The van der Waals surface area contributed by atoms with Crippen molar-refractivity contribution in [2.75, 3.05) is 52.0 Å². The lowest BCUT2D eigenvalue weighted by Gasteiger charge is -2.29. The number of anilines is 1. The summed E-state index contributed by atoms with van der Waals surface area (Å²) in [7, 11) is 3.36. The van der Waals surface area contributed by atoms with Crippen molar-refractivity contribution in [1.82, 2.24) is 14.9 Å². The standard InChI is InChI=1S/C22H25ClN4O3S/c1-28-18-9-14-3-4-26(12-15(14)10-19(18)29-2)13-16-11-17-20(31-16)21(25-22(23)24-17)27-5-7-30-8-6-27/h9-11H,3-8,12-13H2,1-2H3. The Morgan fingerprint density at radius 3 is 2.52 bits per heavy atom. The van der Waals surface area contributed by atoms with Gasteiger partial charge in [-0.2, -0.15) is 4.98 Å². The maximum Gasteiger partial charge on any atom is 0.224 e. The number of ether oxygens (including phenoxy) is 3. The van der Waals surface area contributed by atoms with Gasteiger partial charge in [0, 0.05) is 37.6 Å². The van der Waals surface area contributed by atoms with Crippen LogP contribution in [0.3, 0.4) is 0 Å². The monoisotopic (exact) mass is 460 g/mol. The van der Waals surface area contributed by atoms with E-state index in [4.69, 9.17) is 25.8 Å². The van der Waals surface area contributed by atoms with Gasteiger partial charge >= 0.3 is 0 Å². The van der Waals surface area contributed by atoms with Gasteiger partial charge in [0.25, 0.3) is 0 Å². The molecule has 0 unspecified atom stereocenters. The smallest absolute Gasteiger partial charge is 0.224 e. The summed E-state index contributed by atoms with van der Waals surface area (Å²) in [4.78, 5) is 15.0. The van der Waals surface area contributed by atoms with Crippen LogP contribution in [0.5, 0.6) is 11.5 Å². The molecule has 4 heterocycles. The van der Waals surface area contributed by atoms with Crippen LogP contribution in [-0.4, -0.2) is 61.9 Å². The minimum absolute atomic E-state index is 0.297. The molecule has 164 valence electrons. The molecule has 1 saturated heterocycles. The highest BCUT2D eigenvalue weighted by atomic mass is 35.5. The third kappa shape index (κ3) is 4.17. The summed E-state index contributed by atoms with van der Waals surface area (Å²) < 4.78 is 17.5. The van der Waals surface area contributed by atoms with E-state index in [2.05, 4.69) is 38.0 Å². The van der Waals surface area contributed by atoms with Crippen molar-refractivity contribution in [3.05, 3.63) is 39.5 Å². The second-order valence-electron chi connectivity index (χ2n) is 7.78. The zero-order valence-electron chi connectivity index (χ0n) is 17.7. The Hall–Kier alpha value is -2.13. The summed E-state index contributed by atoms with van der Waals surface area (Å²) in [6.45, 7) is 5.82. The number of hydrogen-bond donors (Lipinski definition) is 0. The molecule has 2 aromatic heterocycles. The maximum absolute atomic E-state index is 6.25. The number of rotatable bonds is 5. The molecule has 0 amide bonds. The Morgan fingerprint density at radius 1 is 1.03 bits per heavy atom. The topological polar surface area (TPSA) is 60.0 Å². The molecule has 9 heteroatoms. The Kier molecular flexibility index (Phi) is 5.88. The van der Waals surface area contributed by atoms with Gasteiger partial charge in [0.2, 0.25) is 5.28 Å². The molecule has 0 radical (unpaired) electrons. The summed E-state index contributed by atoms with van der Waals surface area (Å²) in [6, 6.07) is 6.37. The second-order valence-corrected chi connectivity index (χ2v) is 9.25. The third-order valence-electron chi connectivity index (χ3n) is 5.86. The van der Waals surface area contributed by atoms with Gasteiger partial charge in [0.1, 0.15) is 0 Å². The first-order chi connectivity index (χ1) is 15.1. The van der Waals surface area contributed by atoms with Crippen LogP contribution in [0.2, 0.25) is 5.28 Å². The SMILES string of the molecule is COc1cc2c(cc1OC)CN(Cc1cc3nc(Cl)nc(N4CCOCC4)c3s1)CC2. The molecule has 31 heavy (non-hydrogen) atoms. The van der Waals surface area contributed by atoms with Crippen molar-refractivity contribution in [3.63, 3.8) is 0 Å². The van der Waals surface area contributed by atoms with E-state index in [1.807, 2.05) is 0 Å². The minimum atomic E-state index is 0.297. The van der Waals surface area contributed by atoms with E-state index >= 15 is 0 Å². The molecule has 0 bridgehead atoms. The summed E-state index contributed by atoms with van der Waals surface area (Å²) in [5, 5.41) is 0.297. The van der Waals surface area contributed by atoms with Crippen LogP contribution < -0.4 is 14.4 Å². The molecule has 2 aliphatic heterocycles. The van der Waals surface area contributed by atoms with Crippen LogP contribution in [-0.2, 0) is 24.2 Å². The van der Waals surface area contributed by atoms with Crippen LogP contribution >= 0.6 is 22.9 Å². The van der Waals surface area contributed by atoms with E-state index in [0.717, 1.165) is 66.7 Å². The molecule has 0 aliphatic carbocycles. The predicted octanol–water partition coefficient (Wildman–Crippen LogP) is 3.76. The lowest BCUT2D eigenvalue weighted by molar-refractivity contribution is 0.122. The van der Waals surface area contributed by atoms with Gasteiger partial charge < -0.3 is 19.1 Å². The number of aromatic nitrogens is 2. The first-order valence-electron chi connectivity index (χ1n) is 10.4. The van der Waals surface area contributed by atoms with E-state index in [0.29, 0.717) is 18.5 Å². The molecule has 3 aromatic rings. The van der Waals surface area contributed by atoms with Crippen LogP contribution in [0.15, 0.2) is 18.2 Å². The number of methoxy groups -OCH3 is 2. The van der Waals surface area contributed by atoms with E-state index in [9.17, 15) is 0 Å². The number of halogens is 1. The van der Waals surface area contributed by atoms with Gasteiger partial charge in [-0.15, -0.1) is 11.3 Å². The molecule has 7 nitrogen and oxygen atoms in total. The van der Waals surface area contributed by atoms with Crippen molar-refractivity contribution in [3.8, 4) is 11.5 Å². The highest BCUT2D eigenvalue weighted by molar-refractivity contribution is 7.19. The van der Waals surface area contributed by atoms with Crippen molar-refractivity contribution >= 4 is 39.0 Å². The highest BCUT2D eigenvalue weighted by Gasteiger charge is 2.22. The molecule has 0 N–H and O–H groups in total. The molecule has 1 aromatic carbocycles. The fourth-order valence-corrected chi connectivity index (χ4v) is 5.63. The van der Waals surface area contributed by atoms with E-state index < -0.39 is 0 Å². The number of hydrogen-bond acceptors (Lipinski definition) is 8. The minimum Gasteiger partial charge on any atom is -0.493 e. The fourth-order valence-electron chi connectivity index (χ4n) is 4.30. The van der Waals surface area contributed by atoms with Crippen LogP contribution in [0.25, 0.3) is 10.2 Å².